The van der Waals surface area contributed by atoms with Crippen molar-refractivity contribution >= 4 is 6.21 Å². The zero-order chi connectivity index (χ0) is 7.40. The van der Waals surface area contributed by atoms with E-state index in [1.54, 1.807) is 6.21 Å². The lowest BCUT2D eigenvalue weighted by Crippen LogP contribution is -2.37. The monoisotopic (exact) mass is 142 g/mol. The van der Waals surface area contributed by atoms with Crippen LogP contribution in [-0.2, 0) is 0 Å². The summed E-state index contributed by atoms with van der Waals surface area (Å²) in [5.41, 5.74) is 0. The normalized spacial score (nSPS) is 29.5. The molecule has 0 spiro atoms. The molecule has 0 aromatic heterocycles. The molecule has 1 atom stereocenters. The summed E-state index contributed by atoms with van der Waals surface area (Å²) in [4.78, 5) is 2.21. The van der Waals surface area contributed by atoms with Crippen LogP contribution >= 0.6 is 0 Å². The number of likely N-dealkylation sites (tertiary alicyclic amines) is 1. The fourth-order valence-electron chi connectivity index (χ4n) is 1.37. The number of hydrogen-bond donors (Lipinski definition) is 1. The summed E-state index contributed by atoms with van der Waals surface area (Å²) in [6, 6.07) is 0.360. The smallest absolute Gasteiger partial charge is 0.0607 e. The Bertz CT molecular complexity index is 125. The largest absolute Gasteiger partial charge is 0.411 e. The van der Waals surface area contributed by atoms with E-state index in [-0.39, 0.29) is 0 Å². The number of oxime groups is 1. The molecule has 1 fully saturated rings. The molecule has 1 aliphatic heterocycles. The van der Waals surface area contributed by atoms with Crippen LogP contribution in [0, 0.1) is 0 Å². The Kier molecular flexibility index (Phi) is 2.68. The van der Waals surface area contributed by atoms with E-state index in [1.165, 1.54) is 12.8 Å². The third kappa shape index (κ3) is 1.70. The van der Waals surface area contributed by atoms with E-state index in [4.69, 9.17) is 5.21 Å². The number of hydrogen-bond acceptors (Lipinski definition) is 3. The van der Waals surface area contributed by atoms with E-state index >= 15 is 0 Å². The van der Waals surface area contributed by atoms with E-state index in [9.17, 15) is 0 Å². The van der Waals surface area contributed by atoms with Gasteiger partial charge in [0, 0.05) is 6.04 Å². The van der Waals surface area contributed by atoms with Gasteiger partial charge in [-0.25, -0.2) is 0 Å². The first-order valence-corrected chi connectivity index (χ1v) is 3.72. The molecule has 0 saturated carbocycles. The SMILES string of the molecule is CN1CCCCC1/C=N\O. The molecule has 0 radical (unpaired) electrons. The van der Waals surface area contributed by atoms with Gasteiger partial charge in [-0.05, 0) is 26.4 Å². The first-order valence-electron chi connectivity index (χ1n) is 3.72. The van der Waals surface area contributed by atoms with Crippen molar-refractivity contribution < 1.29 is 5.21 Å². The summed E-state index contributed by atoms with van der Waals surface area (Å²) < 4.78 is 0. The lowest BCUT2D eigenvalue weighted by molar-refractivity contribution is 0.232. The van der Waals surface area contributed by atoms with Crippen molar-refractivity contribution in [1.82, 2.24) is 4.90 Å². The summed E-state index contributed by atoms with van der Waals surface area (Å²) in [7, 11) is 2.06. The highest BCUT2D eigenvalue weighted by Gasteiger charge is 2.16. The van der Waals surface area contributed by atoms with Crippen LogP contribution in [0.3, 0.4) is 0 Å². The second kappa shape index (κ2) is 3.56. The Hall–Kier alpha value is -0.570. The minimum Gasteiger partial charge on any atom is -0.411 e. The molecule has 1 saturated heterocycles. The summed E-state index contributed by atoms with van der Waals surface area (Å²) in [6.45, 7) is 1.12. The number of piperidine rings is 1. The maximum Gasteiger partial charge on any atom is 0.0607 e. The van der Waals surface area contributed by atoms with Crippen LogP contribution in [-0.4, -0.2) is 36.0 Å². The van der Waals surface area contributed by atoms with Gasteiger partial charge in [0.2, 0.25) is 0 Å². The van der Waals surface area contributed by atoms with Gasteiger partial charge >= 0.3 is 0 Å². The van der Waals surface area contributed by atoms with E-state index in [2.05, 4.69) is 17.1 Å². The van der Waals surface area contributed by atoms with Crippen molar-refractivity contribution in [3.8, 4) is 0 Å². The fraction of sp³-hybridized carbons (Fsp3) is 0.857. The molecule has 1 rings (SSSR count). The summed E-state index contributed by atoms with van der Waals surface area (Å²) in [6.07, 6.45) is 5.26. The van der Waals surface area contributed by atoms with Gasteiger partial charge in [0.25, 0.3) is 0 Å². The average Bonchev–Trinajstić information content (AvgIpc) is 1.94. The molecule has 0 amide bonds. The second-order valence-electron chi connectivity index (χ2n) is 2.81. The van der Waals surface area contributed by atoms with Crippen LogP contribution in [0.1, 0.15) is 19.3 Å². The summed E-state index contributed by atoms with van der Waals surface area (Å²) in [5, 5.41) is 11.3. The molecular formula is C7H14N2O. The van der Waals surface area contributed by atoms with Crippen molar-refractivity contribution in [2.75, 3.05) is 13.6 Å². The predicted octanol–water partition coefficient (Wildman–Crippen LogP) is 0.931. The second-order valence-corrected chi connectivity index (χ2v) is 2.81. The predicted molar refractivity (Wildman–Crippen MR) is 40.5 cm³/mol. The van der Waals surface area contributed by atoms with Crippen molar-refractivity contribution in [2.45, 2.75) is 25.3 Å². The van der Waals surface area contributed by atoms with Crippen LogP contribution in [0.25, 0.3) is 0 Å². The van der Waals surface area contributed by atoms with Crippen LogP contribution in [0.5, 0.6) is 0 Å². The van der Waals surface area contributed by atoms with Gasteiger partial charge in [0.05, 0.1) is 6.21 Å². The molecule has 10 heavy (non-hydrogen) atoms. The first kappa shape index (κ1) is 7.54. The van der Waals surface area contributed by atoms with E-state index < -0.39 is 0 Å². The standard InChI is InChI=1S/C7H14N2O/c1-9-5-3-2-4-7(9)6-8-10/h6-7,10H,2-5H2,1H3/b8-6-. The molecule has 0 aromatic carbocycles. The van der Waals surface area contributed by atoms with Crippen molar-refractivity contribution in [3.63, 3.8) is 0 Å². The fourth-order valence-corrected chi connectivity index (χ4v) is 1.37. The average molecular weight is 142 g/mol. The van der Waals surface area contributed by atoms with Crippen LogP contribution in [0.4, 0.5) is 0 Å². The molecule has 1 aliphatic rings. The molecule has 3 heteroatoms. The highest BCUT2D eigenvalue weighted by atomic mass is 16.4. The molecule has 1 unspecified atom stereocenters. The Morgan fingerprint density at radius 3 is 3.00 bits per heavy atom. The van der Waals surface area contributed by atoms with Gasteiger partial charge < -0.3 is 5.21 Å². The third-order valence-electron chi connectivity index (χ3n) is 2.07. The maximum atomic E-state index is 8.28. The quantitative estimate of drug-likeness (QED) is 0.336. The van der Waals surface area contributed by atoms with Crippen LogP contribution in [0.2, 0.25) is 0 Å². The van der Waals surface area contributed by atoms with E-state index in [0.717, 1.165) is 13.0 Å². The topological polar surface area (TPSA) is 35.8 Å². The van der Waals surface area contributed by atoms with Crippen molar-refractivity contribution in [1.29, 1.82) is 0 Å². The van der Waals surface area contributed by atoms with Gasteiger partial charge in [-0.15, -0.1) is 5.16 Å². The molecule has 0 bridgehead atoms. The molecular weight excluding hydrogens is 128 g/mol. The van der Waals surface area contributed by atoms with Crippen molar-refractivity contribution in [3.05, 3.63) is 0 Å². The third-order valence-corrected chi connectivity index (χ3v) is 2.07. The molecule has 0 aromatic rings. The number of nitrogens with zero attached hydrogens (tertiary/aromatic N) is 2. The minimum atomic E-state index is 0.360. The van der Waals surface area contributed by atoms with Crippen LogP contribution < -0.4 is 0 Å². The van der Waals surface area contributed by atoms with Gasteiger partial charge in [0.15, 0.2) is 0 Å². The molecule has 58 valence electrons. The van der Waals surface area contributed by atoms with E-state index in [0.29, 0.717) is 6.04 Å². The van der Waals surface area contributed by atoms with Gasteiger partial charge in [0.1, 0.15) is 0 Å². The molecule has 0 aliphatic carbocycles. The van der Waals surface area contributed by atoms with Gasteiger partial charge in [-0.3, -0.25) is 4.90 Å². The summed E-state index contributed by atoms with van der Waals surface area (Å²) >= 11 is 0. The van der Waals surface area contributed by atoms with E-state index in [1.807, 2.05) is 0 Å². The van der Waals surface area contributed by atoms with Crippen molar-refractivity contribution in [2.24, 2.45) is 5.16 Å². The zero-order valence-electron chi connectivity index (χ0n) is 6.32. The highest BCUT2D eigenvalue weighted by molar-refractivity contribution is 5.63. The van der Waals surface area contributed by atoms with Gasteiger partial charge in [-0.1, -0.05) is 6.42 Å². The minimum absolute atomic E-state index is 0.360. The zero-order valence-corrected chi connectivity index (χ0v) is 6.32. The van der Waals surface area contributed by atoms with Gasteiger partial charge in [-0.2, -0.15) is 0 Å². The highest BCUT2D eigenvalue weighted by Crippen LogP contribution is 2.12. The Balaban J connectivity index is 2.39. The maximum absolute atomic E-state index is 8.28. The Labute approximate surface area is 61.3 Å². The Morgan fingerprint density at radius 2 is 2.40 bits per heavy atom. The molecule has 3 nitrogen and oxygen atoms in total. The molecule has 1 heterocycles. The Morgan fingerprint density at radius 1 is 1.60 bits per heavy atom. The lowest BCUT2D eigenvalue weighted by atomic mass is 10.0. The lowest BCUT2D eigenvalue weighted by Gasteiger charge is -2.28. The molecule has 1 N–H and O–H groups in total. The van der Waals surface area contributed by atoms with Crippen LogP contribution in [0.15, 0.2) is 5.16 Å². The first-order chi connectivity index (χ1) is 4.84. The summed E-state index contributed by atoms with van der Waals surface area (Å²) in [5.74, 6) is 0. The number of rotatable bonds is 1.